The molecular formula is C57H73N5O15. The Hall–Kier alpha value is -6.42. The fourth-order valence-electron chi connectivity index (χ4n) is 10.8. The summed E-state index contributed by atoms with van der Waals surface area (Å²) in [6.07, 6.45) is 5.06. The van der Waals surface area contributed by atoms with Gasteiger partial charge < -0.3 is 58.4 Å². The van der Waals surface area contributed by atoms with E-state index in [9.17, 15) is 39.3 Å². The maximum Gasteiger partial charge on any atom is 0.312 e. The number of unbranched alkanes of at least 4 members (excludes halogenated alkanes) is 1. The number of anilines is 1. The first-order chi connectivity index (χ1) is 36.7. The molecule has 0 radical (unpaired) electrons. The number of morpholine rings is 1. The van der Waals surface area contributed by atoms with E-state index in [0.29, 0.717) is 51.6 Å². The number of fused-ring (bicyclic) bond motifs is 2. The summed E-state index contributed by atoms with van der Waals surface area (Å²) in [5.41, 5.74) is -0.730. The van der Waals surface area contributed by atoms with Gasteiger partial charge in [0.1, 0.15) is 34.3 Å². The normalized spacial score (nSPS) is 28.7. The minimum absolute atomic E-state index is 0.0255. The number of phenols is 1. The van der Waals surface area contributed by atoms with Gasteiger partial charge in [0, 0.05) is 100 Å². The topological polar surface area (TPSA) is 249 Å². The third-order valence-corrected chi connectivity index (χ3v) is 15.6. The minimum Gasteiger partial charge on any atom is -0.505 e. The first-order valence-electron chi connectivity index (χ1n) is 26.6. The number of carbonyl (C=O) groups excluding carboxylic acids is 4. The number of methoxy groups -OCH3 is 1. The molecule has 3 aromatic carbocycles. The zero-order valence-electron chi connectivity index (χ0n) is 45.5. The number of phenolic OH excluding ortho intramolecular Hbond substituents is 1. The van der Waals surface area contributed by atoms with Gasteiger partial charge in [-0.1, -0.05) is 52.0 Å². The number of piperazine rings is 1. The average Bonchev–Trinajstić information content (AvgIpc) is 3.87. The maximum atomic E-state index is 15.0. The molecule has 1 aromatic heterocycles. The van der Waals surface area contributed by atoms with Crippen molar-refractivity contribution >= 4 is 62.2 Å². The second kappa shape index (κ2) is 24.1. The lowest BCUT2D eigenvalue weighted by molar-refractivity contribution is -0.160. The van der Waals surface area contributed by atoms with Crippen LogP contribution in [0.3, 0.4) is 0 Å². The van der Waals surface area contributed by atoms with Crippen LogP contribution >= 0.6 is 0 Å². The lowest BCUT2D eigenvalue weighted by Gasteiger charge is -2.38. The summed E-state index contributed by atoms with van der Waals surface area (Å²) in [6, 6.07) is 5.08. The van der Waals surface area contributed by atoms with E-state index in [2.05, 4.69) is 15.1 Å². The number of Topliss-reactive ketones (excluding diaryl/α,β-unsaturated/α-hetero) is 1. The summed E-state index contributed by atoms with van der Waals surface area (Å²) in [5, 5.41) is 37.7. The third kappa shape index (κ3) is 11.9. The molecule has 0 spiro atoms. The van der Waals surface area contributed by atoms with Crippen LogP contribution in [0.4, 0.5) is 5.69 Å². The fourth-order valence-corrected chi connectivity index (χ4v) is 10.8. The number of amides is 2. The monoisotopic (exact) mass is 1070 g/mol. The van der Waals surface area contributed by atoms with Gasteiger partial charge in [-0.05, 0) is 51.4 Å². The van der Waals surface area contributed by atoms with Gasteiger partial charge in [0.2, 0.25) is 5.91 Å². The Morgan fingerprint density at radius 1 is 0.896 bits per heavy atom. The lowest BCUT2D eigenvalue weighted by Crippen LogP contribution is -2.52. The molecule has 2 saturated heterocycles. The standard InChI is InChI=1S/C57H73N5O15/c1-31-14-12-15-32(2)56(70)59-47-51(68)43-42(44-53(36(6)50(43)67)77-57(8,55(44)69)74-27-18-38(71-9)33(3)52(75-37(7)63)35(5)49(66)34(4)48(31)65)46-54(47)76-40-17-13-16-39(45(40)58-46)73-26-11-10-19-60-20-22-62(23-21-60)41(64)30-61-24-28-72-29-25-61/h12-18,27,31,33-35,38,48-49,52,65-66,68H,10-11,19-26,28-30H2,1-9H3,(H,59,70)/b14-12+,27-18+,32-15-/t31-,33+,34+,35+,38-,48-,49+,52+,57-/m0/s1. The van der Waals surface area contributed by atoms with Gasteiger partial charge in [-0.2, -0.15) is 0 Å². The zero-order chi connectivity index (χ0) is 55.5. The fraction of sp³-hybridized carbons (Fsp3) is 0.544. The summed E-state index contributed by atoms with van der Waals surface area (Å²) in [7, 11) is 1.44. The van der Waals surface area contributed by atoms with E-state index >= 15 is 0 Å². The highest BCUT2D eigenvalue weighted by Crippen LogP contribution is 2.49. The van der Waals surface area contributed by atoms with Crippen molar-refractivity contribution in [2.45, 2.75) is 98.4 Å². The molecule has 77 heavy (non-hydrogen) atoms. The molecule has 9 atom stereocenters. The van der Waals surface area contributed by atoms with Crippen LogP contribution in [0.15, 0.2) is 63.6 Å². The summed E-state index contributed by atoms with van der Waals surface area (Å²) in [5.74, 6) is -6.93. The SMILES string of the molecule is CO[C@H]1/C=C/O[C@@]2(C)Oc3c(C)c(=O)c4c(O)c(c5oc6cccc(OCCCCN7CCN(C(=O)CN8CCOCC8)CC7)c6nc5c4c3C2=O)NC(=O)/C(C)=C\C=C\[C@H](C)[C@H](O)[C@@H](C)[C@@H](O)[C@@H](C)[C@H](OC(C)=O)[C@@H]1C. The van der Waals surface area contributed by atoms with Crippen molar-refractivity contribution in [2.75, 3.05) is 84.6 Å². The molecule has 4 N–H and O–H groups in total. The number of nitrogens with one attached hydrogen (secondary N) is 1. The van der Waals surface area contributed by atoms with Crippen LogP contribution in [-0.2, 0) is 33.3 Å². The Labute approximate surface area is 447 Å². The lowest BCUT2D eigenvalue weighted by atomic mass is 9.78. The van der Waals surface area contributed by atoms with Crippen molar-refractivity contribution in [2.24, 2.45) is 23.7 Å². The first kappa shape index (κ1) is 56.8. The van der Waals surface area contributed by atoms with E-state index in [-0.39, 0.29) is 67.0 Å². The van der Waals surface area contributed by atoms with Crippen LogP contribution in [0.25, 0.3) is 33.0 Å². The number of carbonyl (C=O) groups is 4. The summed E-state index contributed by atoms with van der Waals surface area (Å²) in [6.45, 7) is 19.9. The number of ketones is 1. The maximum absolute atomic E-state index is 15.0. The van der Waals surface area contributed by atoms with Crippen LogP contribution in [0, 0.1) is 30.6 Å². The van der Waals surface area contributed by atoms with Crippen molar-refractivity contribution in [3.05, 3.63) is 75.7 Å². The molecule has 8 rings (SSSR count). The number of benzene rings is 3. The van der Waals surface area contributed by atoms with Gasteiger partial charge in [-0.15, -0.1) is 0 Å². The van der Waals surface area contributed by atoms with Crippen LogP contribution in [-0.4, -0.2) is 168 Å². The quantitative estimate of drug-likeness (QED) is 0.0494. The molecule has 2 amide bonds. The van der Waals surface area contributed by atoms with Gasteiger partial charge in [0.05, 0.1) is 61.9 Å². The number of allylic oxidation sites excluding steroid dienone is 2. The number of esters is 1. The number of hydrogen-bond acceptors (Lipinski definition) is 18. The zero-order valence-corrected chi connectivity index (χ0v) is 45.5. The van der Waals surface area contributed by atoms with Crippen LogP contribution < -0.4 is 20.2 Å². The number of aromatic nitrogens is 1. The largest absolute Gasteiger partial charge is 0.505 e. The Balaban J connectivity index is 1.14. The number of para-hydroxylation sites is 1. The van der Waals surface area contributed by atoms with Gasteiger partial charge in [-0.3, -0.25) is 33.8 Å². The Morgan fingerprint density at radius 2 is 1.62 bits per heavy atom. The molecule has 4 aliphatic rings. The number of aliphatic hydroxyl groups is 2. The first-order valence-corrected chi connectivity index (χ1v) is 26.6. The van der Waals surface area contributed by atoms with E-state index < -0.39 is 82.7 Å². The second-order valence-electron chi connectivity index (χ2n) is 21.0. The van der Waals surface area contributed by atoms with E-state index in [0.717, 1.165) is 39.1 Å². The van der Waals surface area contributed by atoms with E-state index in [1.54, 1.807) is 58.0 Å². The average molecular weight is 1070 g/mol. The van der Waals surface area contributed by atoms with Crippen molar-refractivity contribution in [3.63, 3.8) is 0 Å². The minimum atomic E-state index is -2.08. The summed E-state index contributed by atoms with van der Waals surface area (Å²) >= 11 is 0. The van der Waals surface area contributed by atoms with Crippen molar-refractivity contribution in [1.29, 1.82) is 0 Å². The van der Waals surface area contributed by atoms with Crippen LogP contribution in [0.1, 0.15) is 77.2 Å². The molecule has 20 heteroatoms. The van der Waals surface area contributed by atoms with Crippen molar-refractivity contribution < 1.29 is 67.3 Å². The molecule has 4 aromatic rings. The number of rotatable bonds is 10. The van der Waals surface area contributed by atoms with E-state index in [4.69, 9.17) is 37.8 Å². The summed E-state index contributed by atoms with van der Waals surface area (Å²) in [4.78, 5) is 80.6. The number of aliphatic hydroxyl groups excluding tert-OH is 2. The Kier molecular flexibility index (Phi) is 17.8. The predicted molar refractivity (Wildman–Crippen MR) is 287 cm³/mol. The summed E-state index contributed by atoms with van der Waals surface area (Å²) < 4.78 is 42.4. The third-order valence-electron chi connectivity index (χ3n) is 15.6. The number of nitrogens with zero attached hydrogens (tertiary/aromatic N) is 4. The van der Waals surface area contributed by atoms with Gasteiger partial charge in [0.25, 0.3) is 11.7 Å². The highest BCUT2D eigenvalue weighted by molar-refractivity contribution is 6.26. The van der Waals surface area contributed by atoms with Crippen molar-refractivity contribution in [3.8, 4) is 17.2 Å². The van der Waals surface area contributed by atoms with Crippen LogP contribution in [0.2, 0.25) is 0 Å². The molecule has 4 aliphatic heterocycles. The highest BCUT2D eigenvalue weighted by Gasteiger charge is 2.50. The molecule has 0 saturated carbocycles. The Bertz CT molecular complexity index is 3030. The van der Waals surface area contributed by atoms with Crippen LogP contribution in [0.5, 0.6) is 17.2 Å². The van der Waals surface area contributed by atoms with Crippen molar-refractivity contribution in [1.82, 2.24) is 19.7 Å². The molecule has 2 fully saturated rings. The second-order valence-corrected chi connectivity index (χ2v) is 21.0. The van der Waals surface area contributed by atoms with Gasteiger partial charge in [0.15, 0.2) is 22.3 Å². The molecule has 416 valence electrons. The van der Waals surface area contributed by atoms with Gasteiger partial charge >= 0.3 is 11.8 Å². The predicted octanol–water partition coefficient (Wildman–Crippen LogP) is 5.63. The number of hydrogen-bond donors (Lipinski definition) is 4. The number of aromatic hydroxyl groups is 1. The smallest absolute Gasteiger partial charge is 0.312 e. The van der Waals surface area contributed by atoms with Gasteiger partial charge in [-0.25, -0.2) is 4.98 Å². The molecule has 5 heterocycles. The number of ether oxygens (including phenoxy) is 6. The molecular weight excluding hydrogens is 995 g/mol. The molecule has 4 bridgehead atoms. The molecule has 0 aliphatic carbocycles. The highest BCUT2D eigenvalue weighted by atomic mass is 16.7. The molecule has 20 nitrogen and oxygen atoms in total. The van der Waals surface area contributed by atoms with E-state index in [1.807, 2.05) is 4.90 Å². The Morgan fingerprint density at radius 3 is 2.32 bits per heavy atom. The van der Waals surface area contributed by atoms with E-state index in [1.165, 1.54) is 53.2 Å². The molecule has 0 unspecified atom stereocenters.